The van der Waals surface area contributed by atoms with E-state index in [9.17, 15) is 14.7 Å². The molecule has 1 aromatic heterocycles. The van der Waals surface area contributed by atoms with E-state index in [4.69, 9.17) is 4.42 Å². The van der Waals surface area contributed by atoms with Gasteiger partial charge in [0.1, 0.15) is 6.04 Å². The van der Waals surface area contributed by atoms with E-state index in [-0.39, 0.29) is 24.1 Å². The van der Waals surface area contributed by atoms with Crippen molar-refractivity contribution in [3.8, 4) is 0 Å². The first-order valence-corrected chi connectivity index (χ1v) is 7.26. The van der Waals surface area contributed by atoms with E-state index >= 15 is 0 Å². The Kier molecular flexibility index (Phi) is 4.67. The van der Waals surface area contributed by atoms with Crippen LogP contribution in [0.2, 0.25) is 0 Å². The van der Waals surface area contributed by atoms with Crippen LogP contribution in [-0.2, 0) is 4.79 Å². The van der Waals surface area contributed by atoms with Crippen LogP contribution in [0.15, 0.2) is 22.8 Å². The summed E-state index contributed by atoms with van der Waals surface area (Å²) in [4.78, 5) is 24.2. The molecule has 0 spiro atoms. The molecule has 0 aliphatic heterocycles. The van der Waals surface area contributed by atoms with Crippen LogP contribution in [0.3, 0.4) is 0 Å². The van der Waals surface area contributed by atoms with Crippen LogP contribution >= 0.6 is 0 Å². The van der Waals surface area contributed by atoms with Crippen molar-refractivity contribution < 1.29 is 19.1 Å². The van der Waals surface area contributed by atoms with E-state index in [1.807, 2.05) is 13.8 Å². The van der Waals surface area contributed by atoms with Crippen molar-refractivity contribution in [3.63, 3.8) is 0 Å². The van der Waals surface area contributed by atoms with Gasteiger partial charge in [-0.2, -0.15) is 0 Å². The van der Waals surface area contributed by atoms with Crippen molar-refractivity contribution in [2.75, 3.05) is 6.54 Å². The smallest absolute Gasteiger partial charge is 0.287 e. The Morgan fingerprint density at radius 3 is 2.62 bits per heavy atom. The highest BCUT2D eigenvalue weighted by molar-refractivity contribution is 5.95. The molecule has 6 nitrogen and oxygen atoms in total. The third-order valence-electron chi connectivity index (χ3n) is 3.86. The highest BCUT2D eigenvalue weighted by atomic mass is 16.3. The molecule has 6 heteroatoms. The number of hydrogen-bond acceptors (Lipinski definition) is 4. The first kappa shape index (κ1) is 15.6. The predicted molar refractivity (Wildman–Crippen MR) is 76.6 cm³/mol. The minimum atomic E-state index is -0.776. The van der Waals surface area contributed by atoms with Crippen molar-refractivity contribution in [1.82, 2.24) is 10.6 Å². The molecule has 0 saturated heterocycles. The largest absolute Gasteiger partial charge is 0.459 e. The zero-order valence-electron chi connectivity index (χ0n) is 12.4. The lowest BCUT2D eigenvalue weighted by Gasteiger charge is -2.37. The minimum absolute atomic E-state index is 0.0695. The number of rotatable bonds is 6. The second-order valence-electron chi connectivity index (χ2n) is 5.97. The number of furan rings is 1. The average molecular weight is 294 g/mol. The van der Waals surface area contributed by atoms with Crippen molar-refractivity contribution in [3.05, 3.63) is 24.2 Å². The van der Waals surface area contributed by atoms with E-state index in [0.29, 0.717) is 12.8 Å². The minimum Gasteiger partial charge on any atom is -0.459 e. The van der Waals surface area contributed by atoms with Crippen LogP contribution in [0.25, 0.3) is 0 Å². The SMILES string of the molecule is CC(C)C(NC(=O)c1ccco1)C(=O)NCC1(O)CCC1. The predicted octanol–water partition coefficient (Wildman–Crippen LogP) is 1.07. The van der Waals surface area contributed by atoms with Gasteiger partial charge in [-0.3, -0.25) is 9.59 Å². The Labute approximate surface area is 123 Å². The summed E-state index contributed by atoms with van der Waals surface area (Å²) in [5, 5.41) is 15.4. The standard InChI is InChI=1S/C15H22N2O4/c1-10(2)12(17-13(18)11-5-3-8-21-11)14(19)16-9-15(20)6-4-7-15/h3,5,8,10,12,20H,4,6-7,9H2,1-2H3,(H,16,19)(H,17,18). The fourth-order valence-corrected chi connectivity index (χ4v) is 2.28. The molecule has 1 atom stereocenters. The number of hydrogen-bond donors (Lipinski definition) is 3. The van der Waals surface area contributed by atoms with Gasteiger partial charge in [-0.1, -0.05) is 13.8 Å². The third kappa shape index (κ3) is 3.85. The fraction of sp³-hybridized carbons (Fsp3) is 0.600. The van der Waals surface area contributed by atoms with Crippen LogP contribution in [0.5, 0.6) is 0 Å². The van der Waals surface area contributed by atoms with Gasteiger partial charge >= 0.3 is 0 Å². The summed E-state index contributed by atoms with van der Waals surface area (Å²) in [6, 6.07) is 2.50. The van der Waals surface area contributed by atoms with Gasteiger partial charge in [0.05, 0.1) is 11.9 Å². The summed E-state index contributed by atoms with van der Waals surface area (Å²) >= 11 is 0. The van der Waals surface area contributed by atoms with Crippen LogP contribution in [-0.4, -0.2) is 35.1 Å². The van der Waals surface area contributed by atoms with Crippen LogP contribution in [0.4, 0.5) is 0 Å². The summed E-state index contributed by atoms with van der Waals surface area (Å²) in [7, 11) is 0. The van der Waals surface area contributed by atoms with Crippen molar-refractivity contribution in [2.24, 2.45) is 5.92 Å². The van der Waals surface area contributed by atoms with E-state index in [1.165, 1.54) is 6.26 Å². The van der Waals surface area contributed by atoms with Gasteiger partial charge in [0, 0.05) is 6.54 Å². The monoisotopic (exact) mass is 294 g/mol. The maximum atomic E-state index is 12.2. The lowest BCUT2D eigenvalue weighted by atomic mass is 9.80. The summed E-state index contributed by atoms with van der Waals surface area (Å²) in [6.45, 7) is 3.93. The van der Waals surface area contributed by atoms with Gasteiger partial charge in [-0.05, 0) is 37.3 Å². The number of nitrogens with one attached hydrogen (secondary N) is 2. The molecule has 1 unspecified atom stereocenters. The molecular weight excluding hydrogens is 272 g/mol. The van der Waals surface area contributed by atoms with Crippen LogP contribution < -0.4 is 10.6 Å². The lowest BCUT2D eigenvalue weighted by molar-refractivity contribution is -0.126. The highest BCUT2D eigenvalue weighted by Gasteiger charge is 2.35. The molecule has 2 amide bonds. The first-order chi connectivity index (χ1) is 9.91. The summed E-state index contributed by atoms with van der Waals surface area (Å²) in [6.07, 6.45) is 3.80. The Morgan fingerprint density at radius 2 is 2.14 bits per heavy atom. The van der Waals surface area contributed by atoms with Gasteiger partial charge < -0.3 is 20.2 Å². The molecule has 1 saturated carbocycles. The molecule has 3 N–H and O–H groups in total. The van der Waals surface area contributed by atoms with E-state index in [2.05, 4.69) is 10.6 Å². The first-order valence-electron chi connectivity index (χ1n) is 7.26. The molecule has 116 valence electrons. The second-order valence-corrected chi connectivity index (χ2v) is 5.97. The Morgan fingerprint density at radius 1 is 1.43 bits per heavy atom. The molecule has 1 heterocycles. The molecular formula is C15H22N2O4. The van der Waals surface area contributed by atoms with E-state index < -0.39 is 17.6 Å². The molecule has 2 rings (SSSR count). The van der Waals surface area contributed by atoms with E-state index in [1.54, 1.807) is 12.1 Å². The second kappa shape index (κ2) is 6.30. The summed E-state index contributed by atoms with van der Waals surface area (Å²) in [5.41, 5.74) is -0.776. The molecule has 1 aromatic rings. The summed E-state index contributed by atoms with van der Waals surface area (Å²) < 4.78 is 5.01. The third-order valence-corrected chi connectivity index (χ3v) is 3.86. The molecule has 0 aromatic carbocycles. The van der Waals surface area contributed by atoms with Crippen molar-refractivity contribution in [2.45, 2.75) is 44.8 Å². The molecule has 1 aliphatic rings. The number of aliphatic hydroxyl groups is 1. The molecule has 0 bridgehead atoms. The highest BCUT2D eigenvalue weighted by Crippen LogP contribution is 2.30. The molecule has 1 fully saturated rings. The number of carbonyl (C=O) groups is 2. The maximum absolute atomic E-state index is 12.2. The van der Waals surface area contributed by atoms with Crippen molar-refractivity contribution >= 4 is 11.8 Å². The Bertz CT molecular complexity index is 492. The van der Waals surface area contributed by atoms with Gasteiger partial charge in [0.15, 0.2) is 5.76 Å². The average Bonchev–Trinajstić information content (AvgIpc) is 2.93. The fourth-order valence-electron chi connectivity index (χ4n) is 2.28. The van der Waals surface area contributed by atoms with Crippen molar-refractivity contribution in [1.29, 1.82) is 0 Å². The Balaban J connectivity index is 1.91. The molecule has 21 heavy (non-hydrogen) atoms. The van der Waals surface area contributed by atoms with Gasteiger partial charge in [0.2, 0.25) is 5.91 Å². The molecule has 1 aliphatic carbocycles. The molecule has 0 radical (unpaired) electrons. The lowest BCUT2D eigenvalue weighted by Crippen LogP contribution is -2.54. The zero-order chi connectivity index (χ0) is 15.5. The number of amides is 2. The van der Waals surface area contributed by atoms with Gasteiger partial charge in [0.25, 0.3) is 5.91 Å². The van der Waals surface area contributed by atoms with Gasteiger partial charge in [-0.15, -0.1) is 0 Å². The Hall–Kier alpha value is -1.82. The van der Waals surface area contributed by atoms with Crippen LogP contribution in [0.1, 0.15) is 43.7 Å². The van der Waals surface area contributed by atoms with Crippen LogP contribution in [0, 0.1) is 5.92 Å². The van der Waals surface area contributed by atoms with E-state index in [0.717, 1.165) is 6.42 Å². The summed E-state index contributed by atoms with van der Waals surface area (Å²) in [5.74, 6) is -0.604. The number of carbonyl (C=O) groups excluding carboxylic acids is 2. The topological polar surface area (TPSA) is 91.6 Å². The quantitative estimate of drug-likeness (QED) is 0.731. The normalized spacial score (nSPS) is 17.9. The maximum Gasteiger partial charge on any atom is 0.287 e. The van der Waals surface area contributed by atoms with Gasteiger partial charge in [-0.25, -0.2) is 0 Å². The zero-order valence-corrected chi connectivity index (χ0v) is 12.4.